The van der Waals surface area contributed by atoms with Gasteiger partial charge in [0.05, 0.1) is 44.6 Å². The summed E-state index contributed by atoms with van der Waals surface area (Å²) >= 11 is 1.92. The van der Waals surface area contributed by atoms with Crippen LogP contribution in [0.1, 0.15) is 64.2 Å². The third-order valence-electron chi connectivity index (χ3n) is 7.32. The highest BCUT2D eigenvalue weighted by Crippen LogP contribution is 2.33. The smallest absolute Gasteiger partial charge is 0.315 e. The molecular formula is C29H48N4O6S. The molecule has 3 rings (SSSR count). The number of ether oxygens (including phenoxy) is 3. The first-order chi connectivity index (χ1) is 19.5. The maximum Gasteiger partial charge on any atom is 0.315 e. The second-order valence-corrected chi connectivity index (χ2v) is 11.9. The van der Waals surface area contributed by atoms with Crippen molar-refractivity contribution in [1.82, 2.24) is 15.2 Å². The van der Waals surface area contributed by atoms with Crippen LogP contribution in [0.4, 0.5) is 4.79 Å². The average molecular weight is 581 g/mol. The Kier molecular flexibility index (Phi) is 15.7. The van der Waals surface area contributed by atoms with E-state index in [0.717, 1.165) is 50.7 Å². The van der Waals surface area contributed by atoms with E-state index in [1.54, 1.807) is 0 Å². The van der Waals surface area contributed by atoms with Crippen molar-refractivity contribution in [2.45, 2.75) is 94.1 Å². The summed E-state index contributed by atoms with van der Waals surface area (Å²) in [7, 11) is 0. The number of Topliss-reactive ketones (excluding diaryl/α,β-unsaturated/α-hetero) is 2. The van der Waals surface area contributed by atoms with Gasteiger partial charge in [0, 0.05) is 62.4 Å². The molecule has 0 radical (unpaired) electrons. The molecule has 10 nitrogen and oxygen atoms in total. The fourth-order valence-electron chi connectivity index (χ4n) is 5.01. The Morgan fingerprint density at radius 2 is 1.48 bits per heavy atom. The fraction of sp³-hybridized carbons (Fsp3) is 0.759. The van der Waals surface area contributed by atoms with Crippen molar-refractivity contribution in [3.63, 3.8) is 0 Å². The van der Waals surface area contributed by atoms with Crippen LogP contribution in [-0.2, 0) is 30.3 Å². The Morgan fingerprint density at radius 1 is 0.875 bits per heavy atom. The first kappa shape index (κ1) is 32.6. The molecule has 0 spiro atoms. The van der Waals surface area contributed by atoms with Crippen LogP contribution in [0.25, 0.3) is 0 Å². The molecule has 2 amide bonds. The molecule has 0 saturated carbocycles. The third-order valence-corrected chi connectivity index (χ3v) is 8.83. The van der Waals surface area contributed by atoms with Crippen LogP contribution in [0.2, 0.25) is 0 Å². The summed E-state index contributed by atoms with van der Waals surface area (Å²) in [4.78, 5) is 35.7. The molecule has 2 saturated heterocycles. The van der Waals surface area contributed by atoms with Crippen LogP contribution >= 0.6 is 11.8 Å². The van der Waals surface area contributed by atoms with E-state index < -0.39 is 6.04 Å². The molecule has 2 aliphatic rings. The van der Waals surface area contributed by atoms with Gasteiger partial charge < -0.3 is 35.1 Å². The van der Waals surface area contributed by atoms with E-state index >= 15 is 0 Å². The van der Waals surface area contributed by atoms with Gasteiger partial charge in [-0.3, -0.25) is 9.59 Å². The number of urea groups is 1. The molecule has 4 N–H and O–H groups in total. The van der Waals surface area contributed by atoms with Gasteiger partial charge in [-0.1, -0.05) is 6.42 Å². The number of aromatic nitrogens is 1. The molecule has 2 fully saturated rings. The highest BCUT2D eigenvalue weighted by Gasteiger charge is 2.42. The molecule has 3 heterocycles. The van der Waals surface area contributed by atoms with E-state index in [0.29, 0.717) is 76.5 Å². The standard InChI is InChI=1S/C29H48N4O6S/c30-24(21-33-13-5-6-14-33)26(35)11-4-8-16-38-18-20-39-19-17-37-15-7-3-10-23(34)9-1-2-12-27-28-25(22-40-27)31-29(36)32-28/h5-6,13-14,24-25,27-28H,1-4,7-12,15-22,30H2,(H2,31,32,36). The maximum absolute atomic E-state index is 12.1. The van der Waals surface area contributed by atoms with Crippen LogP contribution in [0.15, 0.2) is 24.5 Å². The third kappa shape index (κ3) is 12.7. The lowest BCUT2D eigenvalue weighted by atomic mass is 10.0. The van der Waals surface area contributed by atoms with E-state index in [4.69, 9.17) is 19.9 Å². The van der Waals surface area contributed by atoms with Crippen LogP contribution in [-0.4, -0.2) is 90.9 Å². The van der Waals surface area contributed by atoms with Crippen molar-refractivity contribution in [2.24, 2.45) is 5.73 Å². The van der Waals surface area contributed by atoms with Gasteiger partial charge in [-0.05, 0) is 50.7 Å². The highest BCUT2D eigenvalue weighted by molar-refractivity contribution is 8.00. The van der Waals surface area contributed by atoms with E-state index in [1.165, 1.54) is 0 Å². The first-order valence-electron chi connectivity index (χ1n) is 14.9. The monoisotopic (exact) mass is 580 g/mol. The molecule has 0 bridgehead atoms. The number of hydrogen-bond donors (Lipinski definition) is 3. The summed E-state index contributed by atoms with van der Waals surface area (Å²) in [6.07, 6.45) is 11.9. The topological polar surface area (TPSA) is 134 Å². The Bertz CT molecular complexity index is 871. The quantitative estimate of drug-likeness (QED) is 0.126. The number of nitrogens with zero attached hydrogens (tertiary/aromatic N) is 1. The molecule has 4 unspecified atom stereocenters. The van der Waals surface area contributed by atoms with Gasteiger partial charge in [0.2, 0.25) is 0 Å². The first-order valence-corrected chi connectivity index (χ1v) is 15.9. The largest absolute Gasteiger partial charge is 0.379 e. The van der Waals surface area contributed by atoms with Gasteiger partial charge in [-0.15, -0.1) is 0 Å². The minimum absolute atomic E-state index is 0.0444. The molecular weight excluding hydrogens is 532 g/mol. The number of amides is 2. The van der Waals surface area contributed by atoms with Crippen molar-refractivity contribution in [1.29, 1.82) is 0 Å². The SMILES string of the molecule is NC(Cn1cccc1)C(=O)CCCCOCCOCCOCCCCC(=O)CCCCC1SCC2NC(=O)NC21. The fourth-order valence-corrected chi connectivity index (χ4v) is 6.56. The van der Waals surface area contributed by atoms with E-state index in [2.05, 4.69) is 10.6 Å². The minimum atomic E-state index is -0.459. The molecule has 2 aliphatic heterocycles. The summed E-state index contributed by atoms with van der Waals surface area (Å²) < 4.78 is 18.6. The van der Waals surface area contributed by atoms with E-state index in [9.17, 15) is 14.4 Å². The molecule has 0 aromatic carbocycles. The number of hydrogen-bond acceptors (Lipinski definition) is 8. The van der Waals surface area contributed by atoms with Crippen molar-refractivity contribution in [2.75, 3.05) is 45.4 Å². The average Bonchev–Trinajstić information content (AvgIpc) is 3.67. The molecule has 0 aliphatic carbocycles. The zero-order chi connectivity index (χ0) is 28.4. The zero-order valence-electron chi connectivity index (χ0n) is 23.7. The number of ketones is 2. The van der Waals surface area contributed by atoms with E-state index in [-0.39, 0.29) is 23.9 Å². The normalized spacial score (nSPS) is 20.7. The summed E-state index contributed by atoms with van der Waals surface area (Å²) in [5.74, 6) is 1.40. The Balaban J connectivity index is 1.00. The van der Waals surface area contributed by atoms with Gasteiger partial charge in [0.15, 0.2) is 5.78 Å². The highest BCUT2D eigenvalue weighted by atomic mass is 32.2. The summed E-state index contributed by atoms with van der Waals surface area (Å²) in [5, 5.41) is 6.45. The predicted octanol–water partition coefficient (Wildman–Crippen LogP) is 3.07. The zero-order valence-corrected chi connectivity index (χ0v) is 24.5. The van der Waals surface area contributed by atoms with Crippen LogP contribution < -0.4 is 16.4 Å². The maximum atomic E-state index is 12.1. The van der Waals surface area contributed by atoms with Gasteiger partial charge in [-0.2, -0.15) is 11.8 Å². The number of nitrogens with two attached hydrogens (primary N) is 1. The van der Waals surface area contributed by atoms with E-state index in [1.807, 2.05) is 40.9 Å². The van der Waals surface area contributed by atoms with Gasteiger partial charge in [0.1, 0.15) is 5.78 Å². The van der Waals surface area contributed by atoms with Gasteiger partial charge in [-0.25, -0.2) is 4.79 Å². The van der Waals surface area contributed by atoms with Crippen LogP contribution in [0.3, 0.4) is 0 Å². The lowest BCUT2D eigenvalue weighted by molar-refractivity contribution is -0.121. The number of fused-ring (bicyclic) bond motifs is 1. The van der Waals surface area contributed by atoms with Crippen molar-refractivity contribution in [3.05, 3.63) is 24.5 Å². The lowest BCUT2D eigenvalue weighted by Gasteiger charge is -2.16. The lowest BCUT2D eigenvalue weighted by Crippen LogP contribution is -2.36. The number of thioether (sulfide) groups is 1. The predicted molar refractivity (Wildman–Crippen MR) is 157 cm³/mol. The van der Waals surface area contributed by atoms with Gasteiger partial charge in [0.25, 0.3) is 0 Å². The number of rotatable bonds is 24. The van der Waals surface area contributed by atoms with Crippen LogP contribution in [0, 0.1) is 0 Å². The van der Waals surface area contributed by atoms with Crippen molar-refractivity contribution >= 4 is 29.4 Å². The molecule has 11 heteroatoms. The second-order valence-electron chi connectivity index (χ2n) is 10.6. The van der Waals surface area contributed by atoms with Crippen molar-refractivity contribution < 1.29 is 28.6 Å². The Morgan fingerprint density at radius 3 is 2.15 bits per heavy atom. The summed E-state index contributed by atoms with van der Waals surface area (Å²) in [6.45, 7) is 3.88. The molecule has 226 valence electrons. The molecule has 1 aromatic rings. The Labute approximate surface area is 242 Å². The number of nitrogens with one attached hydrogen (secondary N) is 2. The Hall–Kier alpha value is -1.92. The molecule has 1 aromatic heterocycles. The number of carbonyl (C=O) groups excluding carboxylic acids is 3. The number of carbonyl (C=O) groups is 3. The molecule has 4 atom stereocenters. The number of unbranched alkanes of at least 4 members (excludes halogenated alkanes) is 3. The second kappa shape index (κ2) is 19.2. The minimum Gasteiger partial charge on any atom is -0.379 e. The summed E-state index contributed by atoms with van der Waals surface area (Å²) in [6, 6.07) is 3.85. The van der Waals surface area contributed by atoms with Crippen molar-refractivity contribution in [3.8, 4) is 0 Å². The summed E-state index contributed by atoms with van der Waals surface area (Å²) in [5.41, 5.74) is 5.97. The molecule has 40 heavy (non-hydrogen) atoms. The van der Waals surface area contributed by atoms with Crippen LogP contribution in [0.5, 0.6) is 0 Å². The van der Waals surface area contributed by atoms with Gasteiger partial charge >= 0.3 is 6.03 Å².